The van der Waals surface area contributed by atoms with Crippen molar-refractivity contribution in [2.75, 3.05) is 62.3 Å². The van der Waals surface area contributed by atoms with E-state index >= 15 is 0 Å². The zero-order valence-corrected chi connectivity index (χ0v) is 29.6. The average molecular weight is 662 g/mol. The molecule has 0 radical (unpaired) electrons. The van der Waals surface area contributed by atoms with Gasteiger partial charge < -0.3 is 28.7 Å². The highest BCUT2D eigenvalue weighted by molar-refractivity contribution is 6.00. The number of carbonyl (C=O) groups is 2. The number of piperidine rings is 1. The van der Waals surface area contributed by atoms with Gasteiger partial charge in [0, 0.05) is 49.7 Å². The van der Waals surface area contributed by atoms with Gasteiger partial charge in [-0.1, -0.05) is 12.7 Å². The summed E-state index contributed by atoms with van der Waals surface area (Å²) in [5.41, 5.74) is 3.18. The summed E-state index contributed by atoms with van der Waals surface area (Å²) in [4.78, 5) is 39.6. The Labute approximate surface area is 284 Å². The number of morpholine rings is 1. The second-order valence-electron chi connectivity index (χ2n) is 15.3. The average Bonchev–Trinajstić information content (AvgIpc) is 3.12. The van der Waals surface area contributed by atoms with Crippen molar-refractivity contribution in [3.63, 3.8) is 0 Å². The van der Waals surface area contributed by atoms with Crippen LogP contribution >= 0.6 is 0 Å². The smallest absolute Gasteiger partial charge is 0.420 e. The van der Waals surface area contributed by atoms with Crippen LogP contribution in [-0.2, 0) is 14.2 Å². The van der Waals surface area contributed by atoms with E-state index in [1.54, 1.807) is 16.0 Å². The Hall–Kier alpha value is -3.83. The van der Waals surface area contributed by atoms with Gasteiger partial charge in [-0.05, 0) is 104 Å². The first kappa shape index (κ1) is 34.0. The Morgan fingerprint density at radius 2 is 1.58 bits per heavy atom. The van der Waals surface area contributed by atoms with Crippen molar-refractivity contribution in [3.05, 3.63) is 47.7 Å². The molecule has 0 spiro atoms. The van der Waals surface area contributed by atoms with E-state index in [1.165, 1.54) is 0 Å². The van der Waals surface area contributed by atoms with Crippen molar-refractivity contribution < 1.29 is 28.5 Å². The standard InChI is InChI=1S/C37H51N5O6/c1-9-25-20-27(26-11-14-39(15-12-26)28-22-41(23-28)34(43)47-36(3,4)5)21-30-32(25)46-24(2)31-29(40-16-18-45-19-17-40)10-13-38-33(31)42(30)35(44)48-37(6,7)8/h9-10,13,20-21,24,26,28H,1,11-12,14-19,22-23H2,2-8H3. The number of nitrogens with zero attached hydrogens (tertiary/aromatic N) is 5. The Balaban J connectivity index is 1.29. The molecule has 0 bridgehead atoms. The van der Waals surface area contributed by atoms with Crippen molar-refractivity contribution in [1.29, 1.82) is 0 Å². The molecular formula is C37H51N5O6. The molecule has 2 aromatic rings. The Morgan fingerprint density at radius 3 is 2.21 bits per heavy atom. The number of anilines is 3. The third-order valence-electron chi connectivity index (χ3n) is 9.40. The summed E-state index contributed by atoms with van der Waals surface area (Å²) < 4.78 is 24.0. The molecule has 3 saturated heterocycles. The van der Waals surface area contributed by atoms with Crippen LogP contribution in [0.25, 0.3) is 6.08 Å². The number of likely N-dealkylation sites (tertiary alicyclic amines) is 2. The van der Waals surface area contributed by atoms with E-state index in [1.807, 2.05) is 60.6 Å². The van der Waals surface area contributed by atoms with Gasteiger partial charge >= 0.3 is 12.2 Å². The molecule has 11 heteroatoms. The van der Waals surface area contributed by atoms with Crippen LogP contribution in [0, 0.1) is 0 Å². The third kappa shape index (κ3) is 7.12. The van der Waals surface area contributed by atoms with Crippen molar-refractivity contribution in [3.8, 4) is 5.75 Å². The summed E-state index contributed by atoms with van der Waals surface area (Å²) >= 11 is 0. The number of fused-ring (bicyclic) bond motifs is 2. The SMILES string of the molecule is C=Cc1cc(C2CCN(C3CN(C(=O)OC(C)(C)C)C3)CC2)cc2c1OC(C)c1c(N3CCOCC3)ccnc1N2C(=O)OC(C)(C)C. The number of amides is 2. The minimum absolute atomic E-state index is 0.241. The molecule has 2 amide bonds. The fourth-order valence-corrected chi connectivity index (χ4v) is 7.04. The molecule has 1 aromatic heterocycles. The fourth-order valence-electron chi connectivity index (χ4n) is 7.04. The first-order valence-electron chi connectivity index (χ1n) is 17.3. The molecular weight excluding hydrogens is 610 g/mol. The molecule has 0 saturated carbocycles. The highest BCUT2D eigenvalue weighted by atomic mass is 16.6. The number of pyridine rings is 1. The summed E-state index contributed by atoms with van der Waals surface area (Å²) in [6.45, 7) is 23.4. The zero-order valence-electron chi connectivity index (χ0n) is 29.6. The molecule has 6 rings (SSSR count). The third-order valence-corrected chi connectivity index (χ3v) is 9.40. The zero-order chi connectivity index (χ0) is 34.4. The number of carbonyl (C=O) groups excluding carboxylic acids is 2. The molecule has 3 fully saturated rings. The first-order chi connectivity index (χ1) is 22.7. The van der Waals surface area contributed by atoms with Gasteiger partial charge in [-0.3, -0.25) is 4.90 Å². The van der Waals surface area contributed by atoms with Crippen molar-refractivity contribution in [2.45, 2.75) is 90.6 Å². The molecule has 5 heterocycles. The van der Waals surface area contributed by atoms with Crippen molar-refractivity contribution >= 4 is 35.5 Å². The quantitative estimate of drug-likeness (QED) is 0.347. The number of hydrogen-bond acceptors (Lipinski definition) is 9. The molecule has 1 aromatic carbocycles. The van der Waals surface area contributed by atoms with Gasteiger partial charge in [-0.15, -0.1) is 0 Å². The predicted molar refractivity (Wildman–Crippen MR) is 186 cm³/mol. The van der Waals surface area contributed by atoms with E-state index in [9.17, 15) is 9.59 Å². The summed E-state index contributed by atoms with van der Waals surface area (Å²) in [5, 5.41) is 0. The van der Waals surface area contributed by atoms with Crippen LogP contribution in [0.2, 0.25) is 0 Å². The van der Waals surface area contributed by atoms with E-state index in [0.717, 1.165) is 61.4 Å². The normalized spacial score (nSPS) is 21.0. The van der Waals surface area contributed by atoms with Crippen molar-refractivity contribution in [2.24, 2.45) is 0 Å². The Kier molecular flexibility index (Phi) is 9.39. The molecule has 48 heavy (non-hydrogen) atoms. The molecule has 11 nitrogen and oxygen atoms in total. The van der Waals surface area contributed by atoms with E-state index in [2.05, 4.69) is 28.5 Å². The van der Waals surface area contributed by atoms with Gasteiger partial charge in [-0.2, -0.15) is 0 Å². The maximum absolute atomic E-state index is 14.2. The molecule has 4 aliphatic heterocycles. The number of hydrogen-bond donors (Lipinski definition) is 0. The highest BCUT2D eigenvalue weighted by Gasteiger charge is 2.40. The van der Waals surface area contributed by atoms with Crippen LogP contribution in [-0.4, -0.2) is 96.7 Å². The van der Waals surface area contributed by atoms with Gasteiger partial charge in [0.2, 0.25) is 0 Å². The molecule has 4 aliphatic rings. The van der Waals surface area contributed by atoms with Crippen LogP contribution in [0.3, 0.4) is 0 Å². The lowest BCUT2D eigenvalue weighted by Crippen LogP contribution is -2.62. The number of ether oxygens (including phenoxy) is 4. The molecule has 260 valence electrons. The van der Waals surface area contributed by atoms with E-state index in [-0.39, 0.29) is 12.0 Å². The second kappa shape index (κ2) is 13.2. The van der Waals surface area contributed by atoms with Crippen LogP contribution < -0.4 is 14.5 Å². The molecule has 0 N–H and O–H groups in total. The number of rotatable bonds is 4. The predicted octanol–water partition coefficient (Wildman–Crippen LogP) is 6.89. The second-order valence-corrected chi connectivity index (χ2v) is 15.3. The van der Waals surface area contributed by atoms with Crippen LogP contribution in [0.15, 0.2) is 31.0 Å². The minimum atomic E-state index is -0.718. The van der Waals surface area contributed by atoms with E-state index in [0.29, 0.717) is 49.6 Å². The van der Waals surface area contributed by atoms with Gasteiger partial charge in [0.15, 0.2) is 11.6 Å². The lowest BCUT2D eigenvalue weighted by Gasteiger charge is -2.47. The van der Waals surface area contributed by atoms with Crippen molar-refractivity contribution in [1.82, 2.24) is 14.8 Å². The van der Waals surface area contributed by atoms with Crippen LogP contribution in [0.5, 0.6) is 5.75 Å². The molecule has 0 aliphatic carbocycles. The summed E-state index contributed by atoms with van der Waals surface area (Å²) in [6.07, 6.45) is 4.34. The van der Waals surface area contributed by atoms with E-state index in [4.69, 9.17) is 23.9 Å². The summed E-state index contributed by atoms with van der Waals surface area (Å²) in [6, 6.07) is 6.59. The van der Waals surface area contributed by atoms with Crippen LogP contribution in [0.4, 0.5) is 26.8 Å². The maximum atomic E-state index is 14.2. The number of aromatic nitrogens is 1. The largest absolute Gasteiger partial charge is 0.483 e. The molecule has 1 unspecified atom stereocenters. The number of benzene rings is 1. The Bertz CT molecular complexity index is 1530. The lowest BCUT2D eigenvalue weighted by molar-refractivity contribution is -0.0196. The monoisotopic (exact) mass is 661 g/mol. The fraction of sp³-hybridized carbons (Fsp3) is 0.595. The first-order valence-corrected chi connectivity index (χ1v) is 17.3. The van der Waals surface area contributed by atoms with Gasteiger partial charge in [0.25, 0.3) is 0 Å². The van der Waals surface area contributed by atoms with Gasteiger partial charge in [-0.25, -0.2) is 19.5 Å². The maximum Gasteiger partial charge on any atom is 0.420 e. The molecule has 1 atom stereocenters. The van der Waals surface area contributed by atoms with Crippen LogP contribution in [0.1, 0.15) is 90.0 Å². The Morgan fingerprint density at radius 1 is 0.938 bits per heavy atom. The highest BCUT2D eigenvalue weighted by Crippen LogP contribution is 2.49. The topological polar surface area (TPSA) is 96.9 Å². The lowest BCUT2D eigenvalue weighted by atomic mass is 9.86. The summed E-state index contributed by atoms with van der Waals surface area (Å²) in [5.74, 6) is 1.38. The summed E-state index contributed by atoms with van der Waals surface area (Å²) in [7, 11) is 0. The van der Waals surface area contributed by atoms with Gasteiger partial charge in [0.1, 0.15) is 17.3 Å². The minimum Gasteiger partial charge on any atom is -0.483 e. The van der Waals surface area contributed by atoms with E-state index < -0.39 is 23.4 Å². The van der Waals surface area contributed by atoms with Gasteiger partial charge in [0.05, 0.1) is 24.5 Å².